The summed E-state index contributed by atoms with van der Waals surface area (Å²) in [6.07, 6.45) is 3.61. The molecule has 0 aliphatic carbocycles. The highest BCUT2D eigenvalue weighted by Crippen LogP contribution is 2.17. The van der Waals surface area contributed by atoms with Crippen LogP contribution in [0.5, 0.6) is 0 Å². The topological polar surface area (TPSA) is 48.5 Å². The zero-order valence-electron chi connectivity index (χ0n) is 14.5. The molecule has 5 nitrogen and oxygen atoms in total. The van der Waals surface area contributed by atoms with Crippen LogP contribution in [0.25, 0.3) is 0 Å². The minimum atomic E-state index is 0.0406. The van der Waals surface area contributed by atoms with Crippen molar-refractivity contribution >= 4 is 23.5 Å². The van der Waals surface area contributed by atoms with Gasteiger partial charge in [-0.3, -0.25) is 4.98 Å². The standard InChI is InChI=1S/C19H24N4OS/c1-16-2-4-18(5-3-16)25-15-10-21-19(24)23-13-11-22(12-14-23)17-6-8-20-9-7-17/h2-9H,10-15H2,1H3,(H,21,24). The fourth-order valence-electron chi connectivity index (χ4n) is 2.80. The van der Waals surface area contributed by atoms with E-state index in [-0.39, 0.29) is 6.03 Å². The molecule has 1 saturated heterocycles. The second kappa shape index (κ2) is 8.76. The SMILES string of the molecule is Cc1ccc(SCCNC(=O)N2CCN(c3ccncc3)CC2)cc1. The molecule has 0 atom stereocenters. The fourth-order valence-corrected chi connectivity index (χ4v) is 3.56. The summed E-state index contributed by atoms with van der Waals surface area (Å²) in [4.78, 5) is 21.8. The van der Waals surface area contributed by atoms with Gasteiger partial charge in [-0.05, 0) is 31.2 Å². The number of urea groups is 1. The number of carbonyl (C=O) groups excluding carboxylic acids is 1. The Morgan fingerprint density at radius 3 is 2.44 bits per heavy atom. The summed E-state index contributed by atoms with van der Waals surface area (Å²) in [5, 5.41) is 3.03. The number of rotatable bonds is 5. The number of nitrogens with one attached hydrogen (secondary N) is 1. The molecule has 3 rings (SSSR count). The average molecular weight is 356 g/mol. The molecule has 2 aromatic rings. The van der Waals surface area contributed by atoms with Crippen LogP contribution in [0.1, 0.15) is 5.56 Å². The number of aryl methyl sites for hydroxylation is 1. The quantitative estimate of drug-likeness (QED) is 0.661. The molecule has 1 fully saturated rings. The first-order valence-electron chi connectivity index (χ1n) is 8.59. The molecule has 132 valence electrons. The highest BCUT2D eigenvalue weighted by atomic mass is 32.2. The molecular weight excluding hydrogens is 332 g/mol. The van der Waals surface area contributed by atoms with Crippen molar-refractivity contribution < 1.29 is 4.79 Å². The smallest absolute Gasteiger partial charge is 0.317 e. The number of aromatic nitrogens is 1. The molecule has 0 radical (unpaired) electrons. The zero-order chi connectivity index (χ0) is 17.5. The maximum absolute atomic E-state index is 12.3. The Hall–Kier alpha value is -2.21. The number of benzene rings is 1. The first-order chi connectivity index (χ1) is 12.2. The van der Waals surface area contributed by atoms with Crippen molar-refractivity contribution in [2.75, 3.05) is 43.4 Å². The zero-order valence-corrected chi connectivity index (χ0v) is 15.3. The van der Waals surface area contributed by atoms with Crippen molar-refractivity contribution in [3.63, 3.8) is 0 Å². The van der Waals surface area contributed by atoms with Crippen molar-refractivity contribution in [2.45, 2.75) is 11.8 Å². The summed E-state index contributed by atoms with van der Waals surface area (Å²) in [7, 11) is 0. The van der Waals surface area contributed by atoms with Crippen LogP contribution >= 0.6 is 11.8 Å². The lowest BCUT2D eigenvalue weighted by Gasteiger charge is -2.36. The van der Waals surface area contributed by atoms with E-state index in [1.54, 1.807) is 24.2 Å². The molecule has 0 bridgehead atoms. The van der Waals surface area contributed by atoms with Crippen molar-refractivity contribution in [2.24, 2.45) is 0 Å². The fraction of sp³-hybridized carbons (Fsp3) is 0.368. The Bertz CT molecular complexity index is 670. The number of nitrogens with zero attached hydrogens (tertiary/aromatic N) is 3. The van der Waals surface area contributed by atoms with Gasteiger partial charge in [0.05, 0.1) is 0 Å². The van der Waals surface area contributed by atoms with E-state index >= 15 is 0 Å². The number of hydrogen-bond acceptors (Lipinski definition) is 4. The van der Waals surface area contributed by atoms with E-state index in [2.05, 4.69) is 46.4 Å². The number of anilines is 1. The molecule has 1 N–H and O–H groups in total. The lowest BCUT2D eigenvalue weighted by molar-refractivity contribution is 0.195. The van der Waals surface area contributed by atoms with E-state index in [0.29, 0.717) is 6.54 Å². The van der Waals surface area contributed by atoms with Gasteiger partial charge in [-0.2, -0.15) is 0 Å². The van der Waals surface area contributed by atoms with Crippen LogP contribution in [0.4, 0.5) is 10.5 Å². The van der Waals surface area contributed by atoms with Crippen molar-refractivity contribution in [3.8, 4) is 0 Å². The van der Waals surface area contributed by atoms with E-state index in [4.69, 9.17) is 0 Å². The summed E-state index contributed by atoms with van der Waals surface area (Å²) in [5.41, 5.74) is 2.44. The molecule has 0 saturated carbocycles. The number of carbonyl (C=O) groups is 1. The maximum Gasteiger partial charge on any atom is 0.317 e. The lowest BCUT2D eigenvalue weighted by Crippen LogP contribution is -2.52. The van der Waals surface area contributed by atoms with Gasteiger partial charge in [-0.15, -0.1) is 11.8 Å². The van der Waals surface area contributed by atoms with Crippen LogP contribution in [0, 0.1) is 6.92 Å². The first-order valence-corrected chi connectivity index (χ1v) is 9.58. The van der Waals surface area contributed by atoms with Crippen LogP contribution < -0.4 is 10.2 Å². The molecule has 2 heterocycles. The summed E-state index contributed by atoms with van der Waals surface area (Å²) in [6, 6.07) is 12.5. The largest absolute Gasteiger partial charge is 0.368 e. The van der Waals surface area contributed by atoms with Crippen LogP contribution in [-0.2, 0) is 0 Å². The monoisotopic (exact) mass is 356 g/mol. The molecule has 1 aromatic carbocycles. The summed E-state index contributed by atoms with van der Waals surface area (Å²) in [5.74, 6) is 0.881. The molecular formula is C19H24N4OS. The third kappa shape index (κ3) is 5.13. The number of hydrogen-bond donors (Lipinski definition) is 1. The second-order valence-electron chi connectivity index (χ2n) is 6.07. The minimum Gasteiger partial charge on any atom is -0.368 e. The molecule has 0 unspecified atom stereocenters. The van der Waals surface area contributed by atoms with Crippen LogP contribution in [0.15, 0.2) is 53.7 Å². The Labute approximate surface area is 153 Å². The second-order valence-corrected chi connectivity index (χ2v) is 7.24. The van der Waals surface area contributed by atoms with Crippen LogP contribution in [-0.4, -0.2) is 54.4 Å². The predicted octanol–water partition coefficient (Wildman–Crippen LogP) is 3.01. The minimum absolute atomic E-state index is 0.0406. The highest BCUT2D eigenvalue weighted by Gasteiger charge is 2.20. The highest BCUT2D eigenvalue weighted by molar-refractivity contribution is 7.99. The van der Waals surface area contributed by atoms with Gasteiger partial charge >= 0.3 is 6.03 Å². The first kappa shape index (κ1) is 17.6. The molecule has 1 aromatic heterocycles. The van der Waals surface area contributed by atoms with Crippen molar-refractivity contribution in [3.05, 3.63) is 54.4 Å². The number of pyridine rings is 1. The molecule has 2 amide bonds. The maximum atomic E-state index is 12.3. The van der Waals surface area contributed by atoms with Gasteiger partial charge in [0.25, 0.3) is 0 Å². The number of amides is 2. The Balaban J connectivity index is 1.36. The molecule has 6 heteroatoms. The van der Waals surface area contributed by atoms with Crippen molar-refractivity contribution in [1.29, 1.82) is 0 Å². The Morgan fingerprint density at radius 1 is 1.08 bits per heavy atom. The Morgan fingerprint density at radius 2 is 1.76 bits per heavy atom. The third-order valence-electron chi connectivity index (χ3n) is 4.26. The van der Waals surface area contributed by atoms with Gasteiger partial charge in [0.2, 0.25) is 0 Å². The predicted molar refractivity (Wildman–Crippen MR) is 103 cm³/mol. The summed E-state index contributed by atoms with van der Waals surface area (Å²) >= 11 is 1.77. The van der Waals surface area contributed by atoms with Gasteiger partial charge in [-0.25, -0.2) is 4.79 Å². The number of piperazine rings is 1. The van der Waals surface area contributed by atoms with Crippen molar-refractivity contribution in [1.82, 2.24) is 15.2 Å². The van der Waals surface area contributed by atoms with E-state index < -0.39 is 0 Å². The van der Waals surface area contributed by atoms with Gasteiger partial charge in [0.15, 0.2) is 0 Å². The third-order valence-corrected chi connectivity index (χ3v) is 5.28. The van der Waals surface area contributed by atoms with Crippen LogP contribution in [0.3, 0.4) is 0 Å². The molecule has 0 spiro atoms. The van der Waals surface area contributed by atoms with E-state index in [1.165, 1.54) is 16.1 Å². The van der Waals surface area contributed by atoms with E-state index in [1.807, 2.05) is 17.0 Å². The van der Waals surface area contributed by atoms with Gasteiger partial charge in [-0.1, -0.05) is 17.7 Å². The van der Waals surface area contributed by atoms with Crippen LogP contribution in [0.2, 0.25) is 0 Å². The Kier molecular flexibility index (Phi) is 6.17. The molecule has 25 heavy (non-hydrogen) atoms. The lowest BCUT2D eigenvalue weighted by atomic mass is 10.2. The summed E-state index contributed by atoms with van der Waals surface area (Å²) < 4.78 is 0. The van der Waals surface area contributed by atoms with Gasteiger partial charge < -0.3 is 15.1 Å². The average Bonchev–Trinajstić information content (AvgIpc) is 2.67. The van der Waals surface area contributed by atoms with Gasteiger partial charge in [0, 0.05) is 61.5 Å². The molecule has 1 aliphatic heterocycles. The van der Waals surface area contributed by atoms with Gasteiger partial charge in [0.1, 0.15) is 0 Å². The number of thioether (sulfide) groups is 1. The van der Waals surface area contributed by atoms with E-state index in [9.17, 15) is 4.79 Å². The van der Waals surface area contributed by atoms with E-state index in [0.717, 1.165) is 31.9 Å². The summed E-state index contributed by atoms with van der Waals surface area (Å²) in [6.45, 7) is 5.98. The normalized spacial score (nSPS) is 14.4. The molecule has 1 aliphatic rings.